The van der Waals surface area contributed by atoms with Crippen LogP contribution in [0.25, 0.3) is 0 Å². The summed E-state index contributed by atoms with van der Waals surface area (Å²) in [6.45, 7) is 2.30. The molecule has 2 heteroatoms. The fourth-order valence-corrected chi connectivity index (χ4v) is 7.60. The molecule has 0 aliphatic carbocycles. The van der Waals surface area contributed by atoms with Crippen LogP contribution >= 0.6 is 7.26 Å². The average Bonchev–Trinajstić information content (AvgIpc) is 2.62. The minimum absolute atomic E-state index is 0. The van der Waals surface area contributed by atoms with Gasteiger partial charge >= 0.3 is 0 Å². The molecule has 0 saturated carbocycles. The van der Waals surface area contributed by atoms with Crippen LogP contribution in [0.1, 0.15) is 13.3 Å². The molecule has 0 aliphatic heterocycles. The van der Waals surface area contributed by atoms with Gasteiger partial charge in [0.15, 0.2) is 0 Å². The summed E-state index contributed by atoms with van der Waals surface area (Å²) in [5.74, 6) is 0. The summed E-state index contributed by atoms with van der Waals surface area (Å²) in [5.41, 5.74) is 0. The van der Waals surface area contributed by atoms with Gasteiger partial charge in [-0.25, -0.2) is 0 Å². The highest BCUT2D eigenvalue weighted by molar-refractivity contribution is 7.95. The average molecular weight is 432 g/mol. The van der Waals surface area contributed by atoms with Crippen molar-refractivity contribution in [2.45, 2.75) is 13.3 Å². The third-order valence-electron chi connectivity index (χ3n) is 4.15. The summed E-state index contributed by atoms with van der Waals surface area (Å²) in [7, 11) is -1.55. The van der Waals surface area contributed by atoms with Gasteiger partial charge in [0, 0.05) is 0 Å². The molecule has 0 radical (unpaired) electrons. The molecule has 0 aliphatic rings. The number of benzene rings is 3. The highest BCUT2D eigenvalue weighted by atomic mass is 127. The van der Waals surface area contributed by atoms with Crippen LogP contribution in [-0.4, -0.2) is 6.16 Å². The zero-order chi connectivity index (χ0) is 15.3. The molecule has 0 nitrogen and oxygen atoms in total. The molecule has 3 aromatic carbocycles. The van der Waals surface area contributed by atoms with Crippen LogP contribution in [0.4, 0.5) is 0 Å². The van der Waals surface area contributed by atoms with Crippen molar-refractivity contribution in [3.63, 3.8) is 0 Å². The Morgan fingerprint density at radius 1 is 0.565 bits per heavy atom. The summed E-state index contributed by atoms with van der Waals surface area (Å²) in [6.07, 6.45) is 2.40. The molecular formula is C21H22IP. The molecule has 23 heavy (non-hydrogen) atoms. The number of hydrogen-bond acceptors (Lipinski definition) is 0. The molecule has 0 unspecified atom stereocenters. The Hall–Kier alpha value is -1.18. The maximum Gasteiger partial charge on any atom is 0.112 e. The first-order valence-corrected chi connectivity index (χ1v) is 9.90. The van der Waals surface area contributed by atoms with Crippen molar-refractivity contribution in [2.24, 2.45) is 0 Å². The zero-order valence-electron chi connectivity index (χ0n) is 13.4. The van der Waals surface area contributed by atoms with E-state index in [9.17, 15) is 0 Å². The molecule has 0 saturated heterocycles. The van der Waals surface area contributed by atoms with Gasteiger partial charge in [-0.1, -0.05) is 61.5 Å². The predicted octanol–water partition coefficient (Wildman–Crippen LogP) is 1.39. The fourth-order valence-electron chi connectivity index (χ4n) is 3.22. The smallest absolute Gasteiger partial charge is 0.112 e. The van der Waals surface area contributed by atoms with Crippen LogP contribution in [0.5, 0.6) is 0 Å². The lowest BCUT2D eigenvalue weighted by atomic mass is 10.4. The molecule has 0 spiro atoms. The second kappa shape index (κ2) is 8.61. The van der Waals surface area contributed by atoms with Crippen molar-refractivity contribution < 1.29 is 24.0 Å². The maximum absolute atomic E-state index is 2.31. The fraction of sp³-hybridized carbons (Fsp3) is 0.143. The van der Waals surface area contributed by atoms with Crippen molar-refractivity contribution in [1.29, 1.82) is 0 Å². The van der Waals surface area contributed by atoms with Gasteiger partial charge in [-0.15, -0.1) is 0 Å². The summed E-state index contributed by atoms with van der Waals surface area (Å²) in [4.78, 5) is 0. The molecule has 0 fully saturated rings. The van der Waals surface area contributed by atoms with E-state index in [1.807, 2.05) is 0 Å². The SMILES string of the molecule is CCC[P+](c1ccccc1)(c1ccccc1)c1ccccc1.[I-]. The van der Waals surface area contributed by atoms with Crippen LogP contribution < -0.4 is 39.9 Å². The normalized spacial score (nSPS) is 10.8. The van der Waals surface area contributed by atoms with E-state index in [4.69, 9.17) is 0 Å². The van der Waals surface area contributed by atoms with Gasteiger partial charge in [0.1, 0.15) is 23.2 Å². The minimum Gasteiger partial charge on any atom is -1.00 e. The van der Waals surface area contributed by atoms with Gasteiger partial charge in [-0.2, -0.15) is 0 Å². The van der Waals surface area contributed by atoms with E-state index in [1.165, 1.54) is 28.5 Å². The van der Waals surface area contributed by atoms with E-state index >= 15 is 0 Å². The zero-order valence-corrected chi connectivity index (χ0v) is 16.5. The lowest BCUT2D eigenvalue weighted by Crippen LogP contribution is -3.00. The molecule has 3 rings (SSSR count). The van der Waals surface area contributed by atoms with Gasteiger partial charge < -0.3 is 24.0 Å². The molecule has 3 aromatic rings. The van der Waals surface area contributed by atoms with Crippen LogP contribution in [0.15, 0.2) is 91.0 Å². The Balaban J connectivity index is 0.00000192. The second-order valence-electron chi connectivity index (χ2n) is 5.54. The molecular weight excluding hydrogens is 410 g/mol. The minimum atomic E-state index is -1.55. The lowest BCUT2D eigenvalue weighted by Gasteiger charge is -2.27. The quantitative estimate of drug-likeness (QED) is 0.423. The van der Waals surface area contributed by atoms with E-state index in [2.05, 4.69) is 97.9 Å². The van der Waals surface area contributed by atoms with Gasteiger partial charge in [-0.05, 0) is 42.8 Å². The third-order valence-corrected chi connectivity index (χ3v) is 8.81. The van der Waals surface area contributed by atoms with E-state index in [0.29, 0.717) is 0 Å². The Morgan fingerprint density at radius 2 is 0.870 bits per heavy atom. The standard InChI is InChI=1S/C21H22P.HI/c1-2-18-22(19-12-6-3-7-13-19,20-14-8-4-9-15-20)21-16-10-5-11-17-21;/h3-17H,2,18H2,1H3;1H/q+1;/p-1. The highest BCUT2D eigenvalue weighted by Crippen LogP contribution is 2.55. The topological polar surface area (TPSA) is 0 Å². The van der Waals surface area contributed by atoms with Crippen LogP contribution in [0.3, 0.4) is 0 Å². The van der Waals surface area contributed by atoms with Crippen LogP contribution in [0, 0.1) is 0 Å². The van der Waals surface area contributed by atoms with Crippen LogP contribution in [0.2, 0.25) is 0 Å². The lowest BCUT2D eigenvalue weighted by molar-refractivity contribution is -0.00000433. The Morgan fingerprint density at radius 3 is 1.13 bits per heavy atom. The van der Waals surface area contributed by atoms with Crippen molar-refractivity contribution in [2.75, 3.05) is 6.16 Å². The van der Waals surface area contributed by atoms with E-state index in [1.54, 1.807) is 0 Å². The molecule has 0 amide bonds. The van der Waals surface area contributed by atoms with Crippen molar-refractivity contribution in [1.82, 2.24) is 0 Å². The Kier molecular flexibility index (Phi) is 6.80. The molecule has 0 aromatic heterocycles. The molecule has 118 valence electrons. The molecule has 0 N–H and O–H groups in total. The first kappa shape index (κ1) is 18.2. The van der Waals surface area contributed by atoms with Crippen molar-refractivity contribution >= 4 is 23.2 Å². The summed E-state index contributed by atoms with van der Waals surface area (Å²) < 4.78 is 0. The summed E-state index contributed by atoms with van der Waals surface area (Å²) >= 11 is 0. The molecule has 0 heterocycles. The van der Waals surface area contributed by atoms with Gasteiger partial charge in [0.2, 0.25) is 0 Å². The van der Waals surface area contributed by atoms with Crippen molar-refractivity contribution in [3.8, 4) is 0 Å². The van der Waals surface area contributed by atoms with Crippen LogP contribution in [-0.2, 0) is 0 Å². The van der Waals surface area contributed by atoms with E-state index < -0.39 is 7.26 Å². The van der Waals surface area contributed by atoms with E-state index in [-0.39, 0.29) is 24.0 Å². The first-order valence-electron chi connectivity index (χ1n) is 7.93. The maximum atomic E-state index is 2.31. The van der Waals surface area contributed by atoms with Gasteiger partial charge in [0.05, 0.1) is 6.16 Å². The highest BCUT2D eigenvalue weighted by Gasteiger charge is 2.43. The van der Waals surface area contributed by atoms with Crippen molar-refractivity contribution in [3.05, 3.63) is 91.0 Å². The summed E-state index contributed by atoms with van der Waals surface area (Å²) in [6, 6.07) is 33.2. The van der Waals surface area contributed by atoms with Gasteiger partial charge in [-0.3, -0.25) is 0 Å². The molecule has 0 bridgehead atoms. The van der Waals surface area contributed by atoms with Gasteiger partial charge in [0.25, 0.3) is 0 Å². The number of halogens is 1. The Bertz CT molecular complexity index is 599. The predicted molar refractivity (Wildman–Crippen MR) is 100 cm³/mol. The number of hydrogen-bond donors (Lipinski definition) is 0. The first-order chi connectivity index (χ1) is 10.9. The monoisotopic (exact) mass is 432 g/mol. The number of rotatable bonds is 5. The summed E-state index contributed by atoms with van der Waals surface area (Å²) in [5, 5.41) is 4.44. The third kappa shape index (κ3) is 3.67. The Labute approximate surface area is 157 Å². The van der Waals surface area contributed by atoms with E-state index in [0.717, 1.165) is 0 Å². The largest absolute Gasteiger partial charge is 1.00 e. The molecule has 0 atom stereocenters. The second-order valence-corrected chi connectivity index (χ2v) is 9.16.